The average molecular weight is 377 g/mol. The van der Waals surface area contributed by atoms with Gasteiger partial charge in [0, 0.05) is 19.1 Å². The predicted molar refractivity (Wildman–Crippen MR) is 95.4 cm³/mol. The molecule has 0 radical (unpaired) electrons. The number of carbonyl (C=O) groups is 3. The summed E-state index contributed by atoms with van der Waals surface area (Å²) in [6.45, 7) is 6.48. The monoisotopic (exact) mass is 377 g/mol. The molecule has 0 aromatic carbocycles. The first kappa shape index (κ1) is 19.4. The Kier molecular flexibility index (Phi) is 5.29. The third-order valence-electron chi connectivity index (χ3n) is 5.18. The SMILES string of the molecule is CC(C)(C)OC(=O)NC(CN1C(=O)[C@@H]2C[C@H]1CN2)C(=O)N1CCC[C@H]1C#N. The number of rotatable bonds is 4. The number of hydrogen-bond acceptors (Lipinski definition) is 6. The second-order valence-electron chi connectivity index (χ2n) is 8.36. The molecule has 3 rings (SSSR count). The topological polar surface area (TPSA) is 115 Å². The van der Waals surface area contributed by atoms with Gasteiger partial charge in [-0.1, -0.05) is 0 Å². The molecule has 0 aromatic heterocycles. The fraction of sp³-hybridized carbons (Fsp3) is 0.778. The van der Waals surface area contributed by atoms with Crippen molar-refractivity contribution in [1.82, 2.24) is 20.4 Å². The summed E-state index contributed by atoms with van der Waals surface area (Å²) in [7, 11) is 0. The Balaban J connectivity index is 1.74. The first-order chi connectivity index (χ1) is 12.7. The maximum Gasteiger partial charge on any atom is 0.408 e. The summed E-state index contributed by atoms with van der Waals surface area (Å²) in [5.74, 6) is -0.387. The highest BCUT2D eigenvalue weighted by Crippen LogP contribution is 2.25. The van der Waals surface area contributed by atoms with E-state index in [-0.39, 0.29) is 30.4 Å². The van der Waals surface area contributed by atoms with Gasteiger partial charge in [0.05, 0.1) is 18.7 Å². The maximum absolute atomic E-state index is 13.1. The number of likely N-dealkylation sites (tertiary alicyclic amines) is 2. The van der Waals surface area contributed by atoms with E-state index in [1.165, 1.54) is 4.90 Å². The molecule has 0 aliphatic carbocycles. The summed E-state index contributed by atoms with van der Waals surface area (Å²) >= 11 is 0. The van der Waals surface area contributed by atoms with Crippen molar-refractivity contribution >= 4 is 17.9 Å². The summed E-state index contributed by atoms with van der Waals surface area (Å²) in [5, 5.41) is 15.1. The van der Waals surface area contributed by atoms with Crippen molar-refractivity contribution in [2.75, 3.05) is 19.6 Å². The fourth-order valence-electron chi connectivity index (χ4n) is 3.96. The Morgan fingerprint density at radius 1 is 1.44 bits per heavy atom. The number of alkyl carbamates (subject to hydrolysis) is 1. The molecule has 9 nitrogen and oxygen atoms in total. The lowest BCUT2D eigenvalue weighted by molar-refractivity contribution is -0.137. The number of nitrogens with zero attached hydrogens (tertiary/aromatic N) is 3. The minimum Gasteiger partial charge on any atom is -0.444 e. The molecule has 0 spiro atoms. The lowest BCUT2D eigenvalue weighted by Gasteiger charge is -2.33. The lowest BCUT2D eigenvalue weighted by atomic mass is 10.1. The van der Waals surface area contributed by atoms with Gasteiger partial charge in [-0.05, 0) is 40.0 Å². The molecule has 0 saturated carbocycles. The maximum atomic E-state index is 13.1. The molecule has 9 heteroatoms. The minimum absolute atomic E-state index is 0.0311. The van der Waals surface area contributed by atoms with Crippen LogP contribution >= 0.6 is 0 Å². The van der Waals surface area contributed by atoms with Crippen LogP contribution in [0.4, 0.5) is 4.79 Å². The van der Waals surface area contributed by atoms with Crippen molar-refractivity contribution in [3.05, 3.63) is 0 Å². The molecule has 3 aliphatic rings. The van der Waals surface area contributed by atoms with Crippen molar-refractivity contribution in [3.8, 4) is 6.07 Å². The zero-order valence-electron chi connectivity index (χ0n) is 16.0. The highest BCUT2D eigenvalue weighted by atomic mass is 16.6. The molecular formula is C18H27N5O4. The molecule has 27 heavy (non-hydrogen) atoms. The van der Waals surface area contributed by atoms with Crippen molar-refractivity contribution in [2.24, 2.45) is 0 Å². The Morgan fingerprint density at radius 2 is 2.19 bits per heavy atom. The molecule has 0 aromatic rings. The highest BCUT2D eigenvalue weighted by Gasteiger charge is 2.46. The second kappa shape index (κ2) is 7.35. The molecule has 148 valence electrons. The molecule has 3 heterocycles. The van der Waals surface area contributed by atoms with Crippen LogP contribution in [0, 0.1) is 11.3 Å². The first-order valence-corrected chi connectivity index (χ1v) is 9.43. The Labute approximate surface area is 159 Å². The van der Waals surface area contributed by atoms with E-state index in [4.69, 9.17) is 4.74 Å². The summed E-state index contributed by atoms with van der Waals surface area (Å²) in [6, 6.07) is 0.544. The number of fused-ring (bicyclic) bond motifs is 2. The molecule has 3 saturated heterocycles. The summed E-state index contributed by atoms with van der Waals surface area (Å²) in [5.41, 5.74) is -0.701. The van der Waals surface area contributed by atoms with Crippen LogP contribution in [-0.2, 0) is 14.3 Å². The van der Waals surface area contributed by atoms with E-state index in [0.717, 1.165) is 12.8 Å². The number of carbonyl (C=O) groups excluding carboxylic acids is 3. The summed E-state index contributed by atoms with van der Waals surface area (Å²) in [6.07, 6.45) is 1.39. The summed E-state index contributed by atoms with van der Waals surface area (Å²) in [4.78, 5) is 40.9. The minimum atomic E-state index is -0.933. The largest absolute Gasteiger partial charge is 0.444 e. The van der Waals surface area contributed by atoms with Gasteiger partial charge in [0.2, 0.25) is 11.8 Å². The summed E-state index contributed by atoms with van der Waals surface area (Å²) < 4.78 is 5.29. The van der Waals surface area contributed by atoms with Gasteiger partial charge in [0.1, 0.15) is 17.7 Å². The van der Waals surface area contributed by atoms with Crippen molar-refractivity contribution in [1.29, 1.82) is 5.26 Å². The standard InChI is InChI=1S/C18H27N5O4/c1-18(2,3)27-17(26)21-14(16(25)22-6-4-5-11(22)8-19)10-23-12-7-13(15(23)24)20-9-12/h11-14,20H,4-7,9-10H2,1-3H3,(H,21,26)/t11-,12-,13-,14?/m0/s1. The van der Waals surface area contributed by atoms with Crippen molar-refractivity contribution in [3.63, 3.8) is 0 Å². The van der Waals surface area contributed by atoms with Gasteiger partial charge in [-0.25, -0.2) is 4.79 Å². The normalized spacial score (nSPS) is 28.2. The van der Waals surface area contributed by atoms with Gasteiger partial charge in [0.25, 0.3) is 0 Å². The molecule has 1 unspecified atom stereocenters. The Hall–Kier alpha value is -2.34. The van der Waals surface area contributed by atoms with Crippen LogP contribution in [-0.4, -0.2) is 77.1 Å². The highest BCUT2D eigenvalue weighted by molar-refractivity contribution is 5.89. The van der Waals surface area contributed by atoms with Gasteiger partial charge in [-0.15, -0.1) is 0 Å². The number of amides is 3. The molecule has 3 aliphatic heterocycles. The van der Waals surface area contributed by atoms with Crippen LogP contribution < -0.4 is 10.6 Å². The van der Waals surface area contributed by atoms with Gasteiger partial charge < -0.3 is 25.2 Å². The van der Waals surface area contributed by atoms with Gasteiger partial charge in [0.15, 0.2) is 0 Å². The first-order valence-electron chi connectivity index (χ1n) is 9.43. The number of nitrogens with one attached hydrogen (secondary N) is 2. The number of piperazine rings is 1. The molecule has 2 bridgehead atoms. The second-order valence-corrected chi connectivity index (χ2v) is 8.36. The van der Waals surface area contributed by atoms with E-state index < -0.39 is 23.8 Å². The fourth-order valence-corrected chi connectivity index (χ4v) is 3.96. The third kappa shape index (κ3) is 4.16. The number of nitriles is 1. The predicted octanol–water partition coefficient (Wildman–Crippen LogP) is -0.0330. The number of ether oxygens (including phenoxy) is 1. The van der Waals surface area contributed by atoms with E-state index >= 15 is 0 Å². The van der Waals surface area contributed by atoms with E-state index in [1.54, 1.807) is 25.7 Å². The zero-order chi connectivity index (χ0) is 19.8. The van der Waals surface area contributed by atoms with Gasteiger partial charge in [-0.2, -0.15) is 5.26 Å². The third-order valence-corrected chi connectivity index (χ3v) is 5.18. The van der Waals surface area contributed by atoms with Crippen molar-refractivity contribution < 1.29 is 19.1 Å². The average Bonchev–Trinajstić information content (AvgIpc) is 3.28. The van der Waals surface area contributed by atoms with E-state index in [0.29, 0.717) is 19.5 Å². The van der Waals surface area contributed by atoms with E-state index in [2.05, 4.69) is 16.7 Å². The number of hydrogen-bond donors (Lipinski definition) is 2. The van der Waals surface area contributed by atoms with Crippen molar-refractivity contribution in [2.45, 2.75) is 69.8 Å². The smallest absolute Gasteiger partial charge is 0.408 e. The molecule has 4 atom stereocenters. The van der Waals surface area contributed by atoms with E-state index in [9.17, 15) is 19.6 Å². The van der Waals surface area contributed by atoms with Gasteiger partial charge >= 0.3 is 6.09 Å². The van der Waals surface area contributed by atoms with Crippen LogP contribution in [0.15, 0.2) is 0 Å². The molecule has 3 fully saturated rings. The molecule has 3 amide bonds. The molecular weight excluding hydrogens is 350 g/mol. The van der Waals surface area contributed by atoms with Gasteiger partial charge in [-0.3, -0.25) is 9.59 Å². The van der Waals surface area contributed by atoms with Crippen LogP contribution in [0.25, 0.3) is 0 Å². The van der Waals surface area contributed by atoms with Crippen LogP contribution in [0.1, 0.15) is 40.0 Å². The van der Waals surface area contributed by atoms with Crippen LogP contribution in [0.2, 0.25) is 0 Å². The van der Waals surface area contributed by atoms with Crippen LogP contribution in [0.5, 0.6) is 0 Å². The quantitative estimate of drug-likeness (QED) is 0.711. The van der Waals surface area contributed by atoms with E-state index in [1.807, 2.05) is 0 Å². The zero-order valence-corrected chi connectivity index (χ0v) is 16.0. The molecule has 2 N–H and O–H groups in total. The Bertz CT molecular complexity index is 668. The van der Waals surface area contributed by atoms with Crippen LogP contribution in [0.3, 0.4) is 0 Å². The Morgan fingerprint density at radius 3 is 2.78 bits per heavy atom. The lowest BCUT2D eigenvalue weighted by Crippen LogP contribution is -2.58.